The highest BCUT2D eigenvalue weighted by Gasteiger charge is 2.39. The zero-order valence-electron chi connectivity index (χ0n) is 18.9. The number of ether oxygens (including phenoxy) is 1. The average molecular weight is 424 g/mol. The van der Waals surface area contributed by atoms with Crippen LogP contribution in [0.5, 0.6) is 5.75 Å². The topological polar surface area (TPSA) is 58.8 Å². The van der Waals surface area contributed by atoms with Crippen molar-refractivity contribution in [2.45, 2.75) is 65.0 Å². The van der Waals surface area contributed by atoms with Crippen molar-refractivity contribution in [3.05, 3.63) is 46.8 Å². The molecule has 1 aromatic heterocycles. The predicted octanol–water partition coefficient (Wildman–Crippen LogP) is 4.21. The monoisotopic (exact) mass is 423 g/mol. The molecule has 1 spiro atoms. The van der Waals surface area contributed by atoms with E-state index in [9.17, 15) is 4.79 Å². The van der Waals surface area contributed by atoms with Crippen molar-refractivity contribution in [1.82, 2.24) is 15.0 Å². The summed E-state index contributed by atoms with van der Waals surface area (Å²) in [5, 5.41) is 3.85. The SMILES string of the molecule is Cc1nocc1C(=O)N1CCC2(CCN(Cc3cccc4c3OC(C)(C)C4)CC2)CC1. The molecule has 4 heterocycles. The minimum absolute atomic E-state index is 0.0619. The smallest absolute Gasteiger partial charge is 0.259 e. The van der Waals surface area contributed by atoms with E-state index in [1.54, 1.807) is 0 Å². The van der Waals surface area contributed by atoms with Gasteiger partial charge >= 0.3 is 0 Å². The highest BCUT2D eigenvalue weighted by molar-refractivity contribution is 5.94. The fraction of sp³-hybridized carbons (Fsp3) is 0.600. The summed E-state index contributed by atoms with van der Waals surface area (Å²) in [5.74, 6) is 1.18. The van der Waals surface area contributed by atoms with E-state index in [-0.39, 0.29) is 11.5 Å². The first-order valence-corrected chi connectivity index (χ1v) is 11.6. The van der Waals surface area contributed by atoms with Crippen LogP contribution in [0, 0.1) is 12.3 Å². The Morgan fingerprint density at radius 3 is 2.48 bits per heavy atom. The number of aromatic nitrogens is 1. The highest BCUT2D eigenvalue weighted by atomic mass is 16.5. The van der Waals surface area contributed by atoms with E-state index in [1.165, 1.54) is 30.2 Å². The van der Waals surface area contributed by atoms with Gasteiger partial charge in [0.15, 0.2) is 0 Å². The number of carbonyl (C=O) groups is 1. The summed E-state index contributed by atoms with van der Waals surface area (Å²) in [4.78, 5) is 17.3. The van der Waals surface area contributed by atoms with Gasteiger partial charge in [-0.25, -0.2) is 0 Å². The molecule has 0 unspecified atom stereocenters. The summed E-state index contributed by atoms with van der Waals surface area (Å²) in [6.45, 7) is 11.0. The third-order valence-electron chi connectivity index (χ3n) is 7.58. The number of fused-ring (bicyclic) bond motifs is 1. The molecule has 0 aliphatic carbocycles. The van der Waals surface area contributed by atoms with E-state index in [4.69, 9.17) is 9.26 Å². The Morgan fingerprint density at radius 1 is 1.10 bits per heavy atom. The van der Waals surface area contributed by atoms with Crippen molar-refractivity contribution in [2.75, 3.05) is 26.2 Å². The summed E-state index contributed by atoms with van der Waals surface area (Å²) in [6.07, 6.45) is 7.07. The van der Waals surface area contributed by atoms with Gasteiger partial charge in [-0.3, -0.25) is 9.69 Å². The first-order valence-electron chi connectivity index (χ1n) is 11.6. The van der Waals surface area contributed by atoms with E-state index in [1.807, 2.05) is 11.8 Å². The molecule has 166 valence electrons. The van der Waals surface area contributed by atoms with Gasteiger partial charge in [-0.1, -0.05) is 23.4 Å². The van der Waals surface area contributed by atoms with Gasteiger partial charge in [-0.2, -0.15) is 0 Å². The summed E-state index contributed by atoms with van der Waals surface area (Å²) >= 11 is 0. The molecule has 3 aliphatic rings. The molecular formula is C25H33N3O3. The maximum absolute atomic E-state index is 12.8. The number of aryl methyl sites for hydroxylation is 1. The fourth-order valence-electron chi connectivity index (χ4n) is 5.58. The lowest BCUT2D eigenvalue weighted by Gasteiger charge is -2.47. The number of rotatable bonds is 3. The lowest BCUT2D eigenvalue weighted by Crippen LogP contribution is -2.48. The zero-order chi connectivity index (χ0) is 21.6. The Bertz CT molecular complexity index is 962. The number of likely N-dealkylation sites (tertiary alicyclic amines) is 2. The van der Waals surface area contributed by atoms with Crippen molar-refractivity contribution in [3.8, 4) is 5.75 Å². The third kappa shape index (κ3) is 3.98. The van der Waals surface area contributed by atoms with Gasteiger partial charge in [0, 0.05) is 31.6 Å². The Labute approximate surface area is 184 Å². The molecule has 6 nitrogen and oxygen atoms in total. The largest absolute Gasteiger partial charge is 0.487 e. The standard InChI is InChI=1S/C25H33N3O3/c1-18-21(17-30-26-18)23(29)28-13-9-25(10-14-28)7-11-27(12-8-25)16-20-6-4-5-19-15-24(2,3)31-22(19)20/h4-6,17H,7-16H2,1-3H3. The normalized spacial score (nSPS) is 22.4. The first kappa shape index (κ1) is 20.6. The Kier molecular flexibility index (Phi) is 5.08. The van der Waals surface area contributed by atoms with Gasteiger partial charge in [-0.15, -0.1) is 0 Å². The summed E-state index contributed by atoms with van der Waals surface area (Å²) in [5.41, 5.74) is 4.24. The van der Waals surface area contributed by atoms with Gasteiger partial charge in [0.2, 0.25) is 0 Å². The molecule has 0 bridgehead atoms. The van der Waals surface area contributed by atoms with Gasteiger partial charge in [0.25, 0.3) is 5.91 Å². The first-order chi connectivity index (χ1) is 14.8. The van der Waals surface area contributed by atoms with Gasteiger partial charge in [-0.05, 0) is 70.5 Å². The molecule has 6 heteroatoms. The van der Waals surface area contributed by atoms with Crippen LogP contribution in [0.2, 0.25) is 0 Å². The van der Waals surface area contributed by atoms with Crippen LogP contribution < -0.4 is 4.74 Å². The van der Waals surface area contributed by atoms with E-state index >= 15 is 0 Å². The molecule has 1 amide bonds. The lowest BCUT2D eigenvalue weighted by atomic mass is 9.71. The molecule has 0 saturated carbocycles. The molecule has 0 radical (unpaired) electrons. The van der Waals surface area contributed by atoms with Crippen molar-refractivity contribution in [1.29, 1.82) is 0 Å². The number of benzene rings is 1. The van der Waals surface area contributed by atoms with Crippen LogP contribution in [0.15, 0.2) is 29.0 Å². The predicted molar refractivity (Wildman–Crippen MR) is 118 cm³/mol. The molecule has 0 atom stereocenters. The minimum atomic E-state index is -0.0964. The Balaban J connectivity index is 1.17. The summed E-state index contributed by atoms with van der Waals surface area (Å²) in [7, 11) is 0. The fourth-order valence-corrected chi connectivity index (χ4v) is 5.58. The van der Waals surface area contributed by atoms with Gasteiger partial charge in [0.05, 0.1) is 5.69 Å². The number of amides is 1. The minimum Gasteiger partial charge on any atom is -0.487 e. The van der Waals surface area contributed by atoms with E-state index < -0.39 is 0 Å². The number of hydrogen-bond donors (Lipinski definition) is 0. The van der Waals surface area contributed by atoms with Crippen molar-refractivity contribution in [3.63, 3.8) is 0 Å². The molecule has 2 saturated heterocycles. The third-order valence-corrected chi connectivity index (χ3v) is 7.58. The number of nitrogens with zero attached hydrogens (tertiary/aromatic N) is 3. The number of carbonyl (C=O) groups excluding carboxylic acids is 1. The summed E-state index contributed by atoms with van der Waals surface area (Å²) < 4.78 is 11.2. The molecule has 31 heavy (non-hydrogen) atoms. The van der Waals surface area contributed by atoms with E-state index in [2.05, 4.69) is 42.1 Å². The van der Waals surface area contributed by atoms with Crippen LogP contribution in [0.4, 0.5) is 0 Å². The molecule has 2 fully saturated rings. The molecule has 0 N–H and O–H groups in total. The average Bonchev–Trinajstić information content (AvgIpc) is 3.32. The van der Waals surface area contributed by atoms with Crippen LogP contribution in [0.3, 0.4) is 0 Å². The quantitative estimate of drug-likeness (QED) is 0.740. The molecule has 3 aliphatic heterocycles. The van der Waals surface area contributed by atoms with E-state index in [0.717, 1.165) is 57.7 Å². The zero-order valence-corrected chi connectivity index (χ0v) is 18.9. The second kappa shape index (κ2) is 7.66. The maximum atomic E-state index is 12.8. The van der Waals surface area contributed by atoms with Crippen molar-refractivity contribution in [2.24, 2.45) is 5.41 Å². The van der Waals surface area contributed by atoms with Crippen LogP contribution in [-0.4, -0.2) is 52.6 Å². The van der Waals surface area contributed by atoms with Gasteiger partial charge < -0.3 is 14.2 Å². The van der Waals surface area contributed by atoms with Crippen LogP contribution in [0.25, 0.3) is 0 Å². The van der Waals surface area contributed by atoms with E-state index in [0.29, 0.717) is 16.7 Å². The highest BCUT2D eigenvalue weighted by Crippen LogP contribution is 2.43. The number of para-hydroxylation sites is 1. The van der Waals surface area contributed by atoms with Crippen molar-refractivity contribution < 1.29 is 14.1 Å². The molecule has 1 aromatic carbocycles. The number of hydrogen-bond acceptors (Lipinski definition) is 5. The maximum Gasteiger partial charge on any atom is 0.259 e. The molecule has 2 aromatic rings. The van der Waals surface area contributed by atoms with Crippen LogP contribution in [0.1, 0.15) is 66.7 Å². The van der Waals surface area contributed by atoms with Crippen LogP contribution >= 0.6 is 0 Å². The molecule has 5 rings (SSSR count). The van der Waals surface area contributed by atoms with Crippen LogP contribution in [-0.2, 0) is 13.0 Å². The van der Waals surface area contributed by atoms with Gasteiger partial charge in [0.1, 0.15) is 23.2 Å². The second-order valence-corrected chi connectivity index (χ2v) is 10.3. The second-order valence-electron chi connectivity index (χ2n) is 10.3. The summed E-state index contributed by atoms with van der Waals surface area (Å²) in [6, 6.07) is 6.60. The number of piperidine rings is 2. The Morgan fingerprint density at radius 2 is 1.81 bits per heavy atom. The van der Waals surface area contributed by atoms with Crippen molar-refractivity contribution >= 4 is 5.91 Å². The lowest BCUT2D eigenvalue weighted by molar-refractivity contribution is 0.0281. The molecular weight excluding hydrogens is 390 g/mol. The Hall–Kier alpha value is -2.34.